The largest absolute Gasteiger partial charge is 0.474 e. The Balaban J connectivity index is 1.66. The van der Waals surface area contributed by atoms with Crippen LogP contribution in [0.4, 0.5) is 4.79 Å². The Hall–Kier alpha value is -3.13. The maximum atomic E-state index is 13.4. The molecule has 32 heavy (non-hydrogen) atoms. The molecule has 0 saturated carbocycles. The van der Waals surface area contributed by atoms with Gasteiger partial charge in [0.15, 0.2) is 6.23 Å². The summed E-state index contributed by atoms with van der Waals surface area (Å²) in [5.41, 5.74) is 2.22. The van der Waals surface area contributed by atoms with E-state index in [2.05, 4.69) is 0 Å². The molecule has 3 atom stereocenters. The fourth-order valence-electron chi connectivity index (χ4n) is 4.49. The molecule has 2 aliphatic heterocycles. The second kappa shape index (κ2) is 8.09. The zero-order valence-electron chi connectivity index (χ0n) is 19.0. The fraction of sp³-hybridized carbons (Fsp3) is 0.458. The minimum atomic E-state index is -0.735. The topological polar surface area (TPSA) is 85.4 Å². The lowest BCUT2D eigenvalue weighted by atomic mass is 9.97. The molecule has 1 aromatic rings. The summed E-state index contributed by atoms with van der Waals surface area (Å²) in [6, 6.07) is 7.35. The first-order valence-corrected chi connectivity index (χ1v) is 10.6. The summed E-state index contributed by atoms with van der Waals surface area (Å²) in [4.78, 5) is 41.3. The summed E-state index contributed by atoms with van der Waals surface area (Å²) in [6.45, 7) is 7.07. The van der Waals surface area contributed by atoms with E-state index >= 15 is 0 Å². The second-order valence-electron chi connectivity index (χ2n) is 9.25. The van der Waals surface area contributed by atoms with E-state index in [1.165, 1.54) is 23.2 Å². The van der Waals surface area contributed by atoms with Gasteiger partial charge in [0.05, 0.1) is 17.9 Å². The molecule has 0 N–H and O–H groups in total. The maximum Gasteiger partial charge on any atom is 0.417 e. The molecular formula is C24H28N2O6. The Morgan fingerprint density at radius 3 is 2.59 bits per heavy atom. The SMILES string of the molecule is COCN1C(=O)C(C)=CC1O/C=C1/C(=O)N(C(=O)OC(C)(C)C)[C@@H]2c3ccccc3C[C@H]12. The van der Waals surface area contributed by atoms with Crippen molar-refractivity contribution in [1.82, 2.24) is 9.80 Å². The number of carbonyl (C=O) groups excluding carboxylic acids is 3. The predicted molar refractivity (Wildman–Crippen MR) is 115 cm³/mol. The monoisotopic (exact) mass is 440 g/mol. The molecule has 4 rings (SSSR count). The van der Waals surface area contributed by atoms with E-state index < -0.39 is 29.9 Å². The summed E-state index contributed by atoms with van der Waals surface area (Å²) < 4.78 is 16.5. The van der Waals surface area contributed by atoms with Gasteiger partial charge in [0.2, 0.25) is 0 Å². The number of nitrogens with zero attached hydrogens (tertiary/aromatic N) is 2. The number of likely N-dealkylation sites (tertiary alicyclic amines) is 1. The number of hydrogen-bond donors (Lipinski definition) is 0. The minimum absolute atomic E-state index is 0.0655. The van der Waals surface area contributed by atoms with Crippen molar-refractivity contribution in [2.45, 2.75) is 52.0 Å². The average Bonchev–Trinajstić information content (AvgIpc) is 3.30. The molecule has 0 aromatic heterocycles. The van der Waals surface area contributed by atoms with Gasteiger partial charge in [-0.2, -0.15) is 0 Å². The van der Waals surface area contributed by atoms with Gasteiger partial charge in [-0.15, -0.1) is 0 Å². The molecule has 2 heterocycles. The first kappa shape index (κ1) is 22.1. The van der Waals surface area contributed by atoms with Gasteiger partial charge in [-0.05, 0) is 51.3 Å². The van der Waals surface area contributed by atoms with Crippen molar-refractivity contribution in [3.8, 4) is 0 Å². The highest BCUT2D eigenvalue weighted by Gasteiger charge is 2.53. The summed E-state index contributed by atoms with van der Waals surface area (Å²) >= 11 is 0. The third-order valence-corrected chi connectivity index (χ3v) is 5.83. The Kier molecular flexibility index (Phi) is 5.58. The molecule has 1 saturated heterocycles. The van der Waals surface area contributed by atoms with Gasteiger partial charge in [-0.1, -0.05) is 24.3 Å². The van der Waals surface area contributed by atoms with Crippen molar-refractivity contribution < 1.29 is 28.6 Å². The minimum Gasteiger partial charge on any atom is -0.474 e. The van der Waals surface area contributed by atoms with Crippen molar-refractivity contribution in [2.75, 3.05) is 13.8 Å². The zero-order valence-corrected chi connectivity index (χ0v) is 19.0. The predicted octanol–water partition coefficient (Wildman–Crippen LogP) is 3.30. The second-order valence-corrected chi connectivity index (χ2v) is 9.25. The average molecular weight is 440 g/mol. The molecule has 0 spiro atoms. The van der Waals surface area contributed by atoms with E-state index in [0.717, 1.165) is 11.1 Å². The van der Waals surface area contributed by atoms with Gasteiger partial charge in [0.25, 0.3) is 11.8 Å². The Morgan fingerprint density at radius 2 is 1.91 bits per heavy atom. The molecule has 1 fully saturated rings. The van der Waals surface area contributed by atoms with Crippen molar-refractivity contribution in [2.24, 2.45) is 5.92 Å². The number of fused-ring (bicyclic) bond motifs is 3. The standard InChI is InChI=1S/C24H28N2O6/c1-14-10-19(25(13-30-5)21(14)27)31-12-18-17-11-15-8-6-7-9-16(15)20(17)26(22(18)28)23(29)32-24(2,3)4/h6-10,12,17,19-20H,11,13H2,1-5H3/b18-12+/t17-,19?,20-/m1/s1. The smallest absolute Gasteiger partial charge is 0.417 e. The van der Waals surface area contributed by atoms with E-state index in [0.29, 0.717) is 17.6 Å². The van der Waals surface area contributed by atoms with Gasteiger partial charge in [0.1, 0.15) is 12.3 Å². The van der Waals surface area contributed by atoms with Crippen LogP contribution >= 0.6 is 0 Å². The Bertz CT molecular complexity index is 1020. The third-order valence-electron chi connectivity index (χ3n) is 5.83. The highest BCUT2D eigenvalue weighted by atomic mass is 16.6. The van der Waals surface area contributed by atoms with Gasteiger partial charge in [-0.3, -0.25) is 14.5 Å². The van der Waals surface area contributed by atoms with Crippen molar-refractivity contribution in [1.29, 1.82) is 0 Å². The molecule has 0 radical (unpaired) electrons. The first-order chi connectivity index (χ1) is 15.1. The van der Waals surface area contributed by atoms with E-state index in [4.69, 9.17) is 14.2 Å². The molecule has 3 aliphatic rings. The van der Waals surface area contributed by atoms with E-state index in [1.54, 1.807) is 33.8 Å². The van der Waals surface area contributed by atoms with Crippen molar-refractivity contribution >= 4 is 17.9 Å². The van der Waals surface area contributed by atoms with Crippen LogP contribution in [0.25, 0.3) is 0 Å². The highest BCUT2D eigenvalue weighted by Crippen LogP contribution is 2.50. The lowest BCUT2D eigenvalue weighted by Crippen LogP contribution is -2.39. The summed E-state index contributed by atoms with van der Waals surface area (Å²) in [5.74, 6) is -0.868. The molecule has 1 unspecified atom stereocenters. The van der Waals surface area contributed by atoms with Crippen molar-refractivity contribution in [3.05, 3.63) is 58.9 Å². The number of ether oxygens (including phenoxy) is 3. The van der Waals surface area contributed by atoms with Crippen LogP contribution < -0.4 is 0 Å². The Morgan fingerprint density at radius 1 is 1.19 bits per heavy atom. The number of carbonyl (C=O) groups is 3. The van der Waals surface area contributed by atoms with Crippen LogP contribution in [0, 0.1) is 5.92 Å². The lowest BCUT2D eigenvalue weighted by Gasteiger charge is -2.27. The number of benzene rings is 1. The van der Waals surface area contributed by atoms with Crippen LogP contribution in [0.1, 0.15) is 44.9 Å². The third kappa shape index (κ3) is 3.79. The van der Waals surface area contributed by atoms with Gasteiger partial charge in [0, 0.05) is 18.6 Å². The van der Waals surface area contributed by atoms with Crippen molar-refractivity contribution in [3.63, 3.8) is 0 Å². The summed E-state index contributed by atoms with van der Waals surface area (Å²) in [5, 5.41) is 0. The molecule has 170 valence electrons. The molecule has 8 nitrogen and oxygen atoms in total. The lowest BCUT2D eigenvalue weighted by molar-refractivity contribution is -0.139. The molecule has 3 amide bonds. The number of imide groups is 1. The molecule has 8 heteroatoms. The molecule has 1 aliphatic carbocycles. The zero-order chi connectivity index (χ0) is 23.2. The van der Waals surface area contributed by atoms with Crippen LogP contribution in [0.3, 0.4) is 0 Å². The van der Waals surface area contributed by atoms with Crippen LogP contribution in [0.5, 0.6) is 0 Å². The normalized spacial score (nSPS) is 25.8. The van der Waals surface area contributed by atoms with Gasteiger partial charge < -0.3 is 14.2 Å². The number of hydrogen-bond acceptors (Lipinski definition) is 6. The fourth-order valence-corrected chi connectivity index (χ4v) is 4.49. The summed E-state index contributed by atoms with van der Waals surface area (Å²) in [6.07, 6.45) is 2.34. The number of amides is 3. The first-order valence-electron chi connectivity index (χ1n) is 10.6. The maximum absolute atomic E-state index is 13.4. The van der Waals surface area contributed by atoms with Crippen LogP contribution in [-0.4, -0.2) is 53.4 Å². The van der Waals surface area contributed by atoms with Crippen LogP contribution in [0.2, 0.25) is 0 Å². The quantitative estimate of drug-likeness (QED) is 0.528. The van der Waals surface area contributed by atoms with E-state index in [1.807, 2.05) is 24.3 Å². The Labute approximate surface area is 187 Å². The molecule has 1 aromatic carbocycles. The molecule has 0 bridgehead atoms. The van der Waals surface area contributed by atoms with E-state index in [9.17, 15) is 14.4 Å². The van der Waals surface area contributed by atoms with E-state index in [-0.39, 0.29) is 18.6 Å². The van der Waals surface area contributed by atoms with Gasteiger partial charge in [-0.25, -0.2) is 9.69 Å². The molecular weight excluding hydrogens is 412 g/mol. The summed E-state index contributed by atoms with van der Waals surface area (Å²) in [7, 11) is 1.50. The highest BCUT2D eigenvalue weighted by molar-refractivity contribution is 6.06. The van der Waals surface area contributed by atoms with Crippen LogP contribution in [0.15, 0.2) is 47.7 Å². The van der Waals surface area contributed by atoms with Gasteiger partial charge >= 0.3 is 6.09 Å². The number of rotatable bonds is 4. The number of methoxy groups -OCH3 is 1. The van der Waals surface area contributed by atoms with Crippen LogP contribution in [-0.2, 0) is 30.2 Å².